The van der Waals surface area contributed by atoms with Gasteiger partial charge in [0.15, 0.2) is 6.61 Å². The number of ether oxygens (including phenoxy) is 1. The summed E-state index contributed by atoms with van der Waals surface area (Å²) in [5.41, 5.74) is 2.39. The number of carbonyl (C=O) groups is 1. The third-order valence-electron chi connectivity index (χ3n) is 4.79. The fourth-order valence-electron chi connectivity index (χ4n) is 3.16. The van der Waals surface area contributed by atoms with Crippen LogP contribution in [0.15, 0.2) is 35.7 Å². The van der Waals surface area contributed by atoms with Crippen LogP contribution < -0.4 is 10.1 Å². The van der Waals surface area contributed by atoms with E-state index in [1.165, 1.54) is 28.8 Å². The van der Waals surface area contributed by atoms with Gasteiger partial charge in [-0.1, -0.05) is 12.1 Å². The number of rotatable bonds is 7. The van der Waals surface area contributed by atoms with Gasteiger partial charge in [0, 0.05) is 11.4 Å². The molecule has 1 aliphatic rings. The zero-order valence-corrected chi connectivity index (χ0v) is 15.8. The number of hydrogen-bond acceptors (Lipinski definition) is 4. The van der Waals surface area contributed by atoms with Gasteiger partial charge in [-0.3, -0.25) is 9.69 Å². The quantitative estimate of drug-likeness (QED) is 0.821. The predicted octanol–water partition coefficient (Wildman–Crippen LogP) is 3.70. The number of thiophene rings is 1. The predicted molar refractivity (Wildman–Crippen MR) is 102 cm³/mol. The SMILES string of the molecule is Cc1ccc(OCC(=O)NCC(c2cccs2)N2CCCC2)cc1C. The molecule has 2 aromatic rings. The van der Waals surface area contributed by atoms with E-state index in [-0.39, 0.29) is 18.6 Å². The molecule has 1 aromatic heterocycles. The smallest absolute Gasteiger partial charge is 0.258 e. The maximum Gasteiger partial charge on any atom is 0.258 e. The minimum Gasteiger partial charge on any atom is -0.484 e. The Balaban J connectivity index is 1.51. The summed E-state index contributed by atoms with van der Waals surface area (Å²) in [7, 11) is 0. The highest BCUT2D eigenvalue weighted by Gasteiger charge is 2.24. The monoisotopic (exact) mass is 358 g/mol. The molecular formula is C20H26N2O2S. The summed E-state index contributed by atoms with van der Waals surface area (Å²) >= 11 is 1.76. The summed E-state index contributed by atoms with van der Waals surface area (Å²) in [5.74, 6) is 0.673. The lowest BCUT2D eigenvalue weighted by molar-refractivity contribution is -0.123. The van der Waals surface area contributed by atoms with Crippen LogP contribution in [-0.2, 0) is 4.79 Å². The fourth-order valence-corrected chi connectivity index (χ4v) is 4.02. The Kier molecular flexibility index (Phi) is 6.10. The Morgan fingerprint density at radius 2 is 2.04 bits per heavy atom. The molecule has 1 atom stereocenters. The normalized spacial score (nSPS) is 15.9. The van der Waals surface area contributed by atoms with E-state index in [0.29, 0.717) is 6.54 Å². The summed E-state index contributed by atoms with van der Waals surface area (Å²) in [4.78, 5) is 16.0. The summed E-state index contributed by atoms with van der Waals surface area (Å²) in [5, 5.41) is 5.15. The Labute approximate surface area is 153 Å². The lowest BCUT2D eigenvalue weighted by atomic mass is 10.1. The molecule has 5 heteroatoms. The highest BCUT2D eigenvalue weighted by molar-refractivity contribution is 7.10. The summed E-state index contributed by atoms with van der Waals surface area (Å²) in [6.45, 7) is 7.02. The number of nitrogens with one attached hydrogen (secondary N) is 1. The molecule has 1 amide bonds. The van der Waals surface area contributed by atoms with Crippen LogP contribution in [0.4, 0.5) is 0 Å². The molecule has 4 nitrogen and oxygen atoms in total. The number of benzene rings is 1. The van der Waals surface area contributed by atoms with Gasteiger partial charge in [0.25, 0.3) is 5.91 Å². The molecule has 0 bridgehead atoms. The van der Waals surface area contributed by atoms with Gasteiger partial charge in [-0.05, 0) is 74.5 Å². The first-order valence-electron chi connectivity index (χ1n) is 8.87. The van der Waals surface area contributed by atoms with Crippen molar-refractivity contribution in [3.05, 3.63) is 51.7 Å². The minimum atomic E-state index is -0.0704. The van der Waals surface area contributed by atoms with Crippen molar-refractivity contribution in [2.24, 2.45) is 0 Å². The molecule has 1 fully saturated rings. The number of hydrogen-bond donors (Lipinski definition) is 1. The Bertz CT molecular complexity index is 694. The second-order valence-electron chi connectivity index (χ2n) is 6.61. The molecule has 1 unspecified atom stereocenters. The van der Waals surface area contributed by atoms with E-state index in [1.807, 2.05) is 25.1 Å². The molecule has 0 saturated carbocycles. The largest absolute Gasteiger partial charge is 0.484 e. The number of aryl methyl sites for hydroxylation is 2. The van der Waals surface area contributed by atoms with Crippen molar-refractivity contribution in [2.45, 2.75) is 32.7 Å². The van der Waals surface area contributed by atoms with Gasteiger partial charge in [-0.25, -0.2) is 0 Å². The molecule has 25 heavy (non-hydrogen) atoms. The molecule has 1 aliphatic heterocycles. The first-order valence-corrected chi connectivity index (χ1v) is 9.75. The maximum absolute atomic E-state index is 12.2. The fraction of sp³-hybridized carbons (Fsp3) is 0.450. The van der Waals surface area contributed by atoms with E-state index >= 15 is 0 Å². The van der Waals surface area contributed by atoms with Crippen LogP contribution >= 0.6 is 11.3 Å². The van der Waals surface area contributed by atoms with Crippen molar-refractivity contribution >= 4 is 17.2 Å². The Morgan fingerprint density at radius 3 is 2.72 bits per heavy atom. The van der Waals surface area contributed by atoms with Gasteiger partial charge in [-0.15, -0.1) is 11.3 Å². The summed E-state index contributed by atoms with van der Waals surface area (Å²) < 4.78 is 5.63. The molecule has 0 spiro atoms. The highest BCUT2D eigenvalue weighted by Crippen LogP contribution is 2.27. The molecular weight excluding hydrogens is 332 g/mol. The van der Waals surface area contributed by atoms with Crippen molar-refractivity contribution in [3.63, 3.8) is 0 Å². The molecule has 2 heterocycles. The van der Waals surface area contributed by atoms with Crippen molar-refractivity contribution in [2.75, 3.05) is 26.2 Å². The van der Waals surface area contributed by atoms with Gasteiger partial charge >= 0.3 is 0 Å². The average molecular weight is 359 g/mol. The topological polar surface area (TPSA) is 41.6 Å². The number of likely N-dealkylation sites (tertiary alicyclic amines) is 1. The molecule has 3 rings (SSSR count). The number of nitrogens with zero attached hydrogens (tertiary/aromatic N) is 1. The van der Waals surface area contributed by atoms with E-state index < -0.39 is 0 Å². The second-order valence-corrected chi connectivity index (χ2v) is 7.59. The van der Waals surface area contributed by atoms with Crippen LogP contribution in [-0.4, -0.2) is 37.0 Å². The zero-order chi connectivity index (χ0) is 17.6. The van der Waals surface area contributed by atoms with Gasteiger partial charge in [0.05, 0.1) is 6.04 Å². The molecule has 0 aliphatic carbocycles. The van der Waals surface area contributed by atoms with Crippen LogP contribution in [0.3, 0.4) is 0 Å². The first-order chi connectivity index (χ1) is 12.1. The molecule has 1 saturated heterocycles. The van der Waals surface area contributed by atoms with Crippen LogP contribution in [0, 0.1) is 13.8 Å². The average Bonchev–Trinajstić information content (AvgIpc) is 3.30. The number of amides is 1. The lowest BCUT2D eigenvalue weighted by Crippen LogP contribution is -2.38. The molecule has 134 valence electrons. The molecule has 0 radical (unpaired) electrons. The van der Waals surface area contributed by atoms with E-state index in [0.717, 1.165) is 18.8 Å². The van der Waals surface area contributed by atoms with Crippen LogP contribution in [0.1, 0.15) is 34.9 Å². The summed E-state index contributed by atoms with van der Waals surface area (Å²) in [6.07, 6.45) is 2.48. The third kappa shape index (κ3) is 4.83. The standard InChI is InChI=1S/C20H26N2O2S/c1-15-7-8-17(12-16(15)2)24-14-20(23)21-13-18(19-6-5-11-25-19)22-9-3-4-10-22/h5-8,11-12,18H,3-4,9-10,13-14H2,1-2H3,(H,21,23). The van der Waals surface area contributed by atoms with Crippen molar-refractivity contribution < 1.29 is 9.53 Å². The van der Waals surface area contributed by atoms with Gasteiger partial charge in [0.2, 0.25) is 0 Å². The van der Waals surface area contributed by atoms with Gasteiger partial charge in [-0.2, -0.15) is 0 Å². The maximum atomic E-state index is 12.2. The van der Waals surface area contributed by atoms with Crippen molar-refractivity contribution in [1.82, 2.24) is 10.2 Å². The van der Waals surface area contributed by atoms with Gasteiger partial charge < -0.3 is 10.1 Å². The van der Waals surface area contributed by atoms with Gasteiger partial charge in [0.1, 0.15) is 5.75 Å². The Morgan fingerprint density at radius 1 is 1.24 bits per heavy atom. The van der Waals surface area contributed by atoms with Crippen molar-refractivity contribution in [1.29, 1.82) is 0 Å². The second kappa shape index (κ2) is 8.50. The van der Waals surface area contributed by atoms with Crippen molar-refractivity contribution in [3.8, 4) is 5.75 Å². The van der Waals surface area contributed by atoms with E-state index in [1.54, 1.807) is 11.3 Å². The van der Waals surface area contributed by atoms with E-state index in [4.69, 9.17) is 4.74 Å². The van der Waals surface area contributed by atoms with E-state index in [9.17, 15) is 4.79 Å². The Hall–Kier alpha value is -1.85. The molecule has 1 aromatic carbocycles. The molecule has 1 N–H and O–H groups in total. The number of carbonyl (C=O) groups excluding carboxylic acids is 1. The van der Waals surface area contributed by atoms with Crippen LogP contribution in [0.2, 0.25) is 0 Å². The lowest BCUT2D eigenvalue weighted by Gasteiger charge is -2.26. The zero-order valence-electron chi connectivity index (χ0n) is 15.0. The van der Waals surface area contributed by atoms with Crippen LogP contribution in [0.25, 0.3) is 0 Å². The third-order valence-corrected chi connectivity index (χ3v) is 5.77. The minimum absolute atomic E-state index is 0.0552. The summed E-state index contributed by atoms with van der Waals surface area (Å²) in [6, 6.07) is 10.4. The first kappa shape index (κ1) is 18.0. The van der Waals surface area contributed by atoms with Crippen LogP contribution in [0.5, 0.6) is 5.75 Å². The van der Waals surface area contributed by atoms with E-state index in [2.05, 4.69) is 34.7 Å². The highest BCUT2D eigenvalue weighted by atomic mass is 32.1.